The predicted molar refractivity (Wildman–Crippen MR) is 81.5 cm³/mol. The van der Waals surface area contributed by atoms with E-state index in [9.17, 15) is 0 Å². The first kappa shape index (κ1) is 14.3. The Hall–Kier alpha value is -1.09. The van der Waals surface area contributed by atoms with Crippen LogP contribution in [0.2, 0.25) is 0 Å². The topological polar surface area (TPSA) is 28.2 Å². The maximum absolute atomic E-state index is 4.32. The van der Waals surface area contributed by atoms with Gasteiger partial charge in [-0.3, -0.25) is 4.98 Å². The van der Waals surface area contributed by atoms with Crippen LogP contribution in [0.15, 0.2) is 18.5 Å². The highest BCUT2D eigenvalue weighted by Gasteiger charge is 2.20. The van der Waals surface area contributed by atoms with Gasteiger partial charge < -0.3 is 10.2 Å². The van der Waals surface area contributed by atoms with E-state index in [-0.39, 0.29) is 0 Å². The molecule has 0 spiro atoms. The Morgan fingerprint density at radius 2 is 2.11 bits per heavy atom. The van der Waals surface area contributed by atoms with Crippen LogP contribution in [0.25, 0.3) is 0 Å². The molecule has 1 aliphatic rings. The van der Waals surface area contributed by atoms with Crippen molar-refractivity contribution >= 4 is 5.69 Å². The Morgan fingerprint density at radius 3 is 2.84 bits per heavy atom. The highest BCUT2D eigenvalue weighted by atomic mass is 15.1. The van der Waals surface area contributed by atoms with Gasteiger partial charge in [-0.15, -0.1) is 0 Å². The molecule has 1 fully saturated rings. The van der Waals surface area contributed by atoms with Crippen molar-refractivity contribution < 1.29 is 0 Å². The van der Waals surface area contributed by atoms with E-state index < -0.39 is 0 Å². The van der Waals surface area contributed by atoms with Crippen LogP contribution >= 0.6 is 0 Å². The van der Waals surface area contributed by atoms with Crippen molar-refractivity contribution in [3.05, 3.63) is 24.0 Å². The summed E-state index contributed by atoms with van der Waals surface area (Å²) in [7, 11) is 2.23. The first-order valence-electron chi connectivity index (χ1n) is 7.69. The Balaban J connectivity index is 2.04. The molecule has 1 aliphatic carbocycles. The van der Waals surface area contributed by atoms with Crippen molar-refractivity contribution in [2.45, 2.75) is 58.0 Å². The van der Waals surface area contributed by atoms with Gasteiger partial charge in [0.2, 0.25) is 0 Å². The average Bonchev–Trinajstić information content (AvgIpc) is 2.48. The first-order valence-corrected chi connectivity index (χ1v) is 7.69. The number of rotatable bonds is 6. The maximum atomic E-state index is 4.32. The van der Waals surface area contributed by atoms with E-state index in [1.54, 1.807) is 0 Å². The van der Waals surface area contributed by atoms with E-state index in [0.29, 0.717) is 6.04 Å². The van der Waals surface area contributed by atoms with Crippen LogP contribution in [0.5, 0.6) is 0 Å². The SMILES string of the molecule is CCCNCc1ccncc1N(C)C1CCCCC1. The quantitative estimate of drug-likeness (QED) is 0.796. The van der Waals surface area contributed by atoms with Crippen LogP contribution in [-0.4, -0.2) is 24.6 Å². The van der Waals surface area contributed by atoms with Gasteiger partial charge in [0.1, 0.15) is 0 Å². The lowest BCUT2D eigenvalue weighted by Gasteiger charge is -2.34. The van der Waals surface area contributed by atoms with E-state index in [1.165, 1.54) is 49.8 Å². The van der Waals surface area contributed by atoms with E-state index >= 15 is 0 Å². The molecule has 1 heterocycles. The maximum Gasteiger partial charge on any atom is 0.0598 e. The number of nitrogens with one attached hydrogen (secondary N) is 1. The van der Waals surface area contributed by atoms with Crippen molar-refractivity contribution in [3.63, 3.8) is 0 Å². The zero-order valence-electron chi connectivity index (χ0n) is 12.4. The monoisotopic (exact) mass is 261 g/mol. The molecule has 0 radical (unpaired) electrons. The lowest BCUT2D eigenvalue weighted by atomic mass is 9.94. The summed E-state index contributed by atoms with van der Waals surface area (Å²) in [5.41, 5.74) is 2.68. The minimum Gasteiger partial charge on any atom is -0.370 e. The summed E-state index contributed by atoms with van der Waals surface area (Å²) in [6.45, 7) is 4.23. The predicted octanol–water partition coefficient (Wildman–Crippen LogP) is 3.35. The number of anilines is 1. The van der Waals surface area contributed by atoms with Crippen LogP contribution < -0.4 is 10.2 Å². The molecule has 0 atom stereocenters. The normalized spacial score (nSPS) is 16.5. The summed E-state index contributed by atoms with van der Waals surface area (Å²) in [4.78, 5) is 6.77. The van der Waals surface area contributed by atoms with Gasteiger partial charge >= 0.3 is 0 Å². The minimum atomic E-state index is 0.697. The van der Waals surface area contributed by atoms with Crippen molar-refractivity contribution in [1.82, 2.24) is 10.3 Å². The van der Waals surface area contributed by atoms with Gasteiger partial charge in [0.25, 0.3) is 0 Å². The van der Waals surface area contributed by atoms with Crippen molar-refractivity contribution in [1.29, 1.82) is 0 Å². The van der Waals surface area contributed by atoms with Gasteiger partial charge in [-0.05, 0) is 37.4 Å². The van der Waals surface area contributed by atoms with Crippen LogP contribution in [0, 0.1) is 0 Å². The van der Waals surface area contributed by atoms with Crippen LogP contribution in [-0.2, 0) is 6.54 Å². The fourth-order valence-corrected chi connectivity index (χ4v) is 2.95. The van der Waals surface area contributed by atoms with Crippen molar-refractivity contribution in [3.8, 4) is 0 Å². The third-order valence-corrected chi connectivity index (χ3v) is 4.13. The van der Waals surface area contributed by atoms with Crippen molar-refractivity contribution in [2.75, 3.05) is 18.5 Å². The fourth-order valence-electron chi connectivity index (χ4n) is 2.95. The first-order chi connectivity index (χ1) is 9.33. The van der Waals surface area contributed by atoms with Gasteiger partial charge in [0, 0.05) is 25.8 Å². The largest absolute Gasteiger partial charge is 0.370 e. The van der Waals surface area contributed by atoms with Gasteiger partial charge in [0.15, 0.2) is 0 Å². The van der Waals surface area contributed by atoms with Gasteiger partial charge in [-0.25, -0.2) is 0 Å². The van der Waals surface area contributed by atoms with Crippen LogP contribution in [0.1, 0.15) is 51.0 Å². The molecule has 1 saturated carbocycles. The van der Waals surface area contributed by atoms with E-state index in [2.05, 4.69) is 35.2 Å². The zero-order chi connectivity index (χ0) is 13.5. The molecule has 106 valence electrons. The minimum absolute atomic E-state index is 0.697. The smallest absolute Gasteiger partial charge is 0.0598 e. The number of nitrogens with zero attached hydrogens (tertiary/aromatic N) is 2. The second-order valence-electron chi connectivity index (χ2n) is 5.58. The molecule has 0 saturated heterocycles. The highest BCUT2D eigenvalue weighted by Crippen LogP contribution is 2.27. The van der Waals surface area contributed by atoms with Gasteiger partial charge in [-0.2, -0.15) is 0 Å². The summed E-state index contributed by atoms with van der Waals surface area (Å²) in [5, 5.41) is 3.50. The Morgan fingerprint density at radius 1 is 1.32 bits per heavy atom. The van der Waals surface area contributed by atoms with E-state index in [0.717, 1.165) is 13.1 Å². The zero-order valence-corrected chi connectivity index (χ0v) is 12.4. The standard InChI is InChI=1S/C16H27N3/c1-3-10-17-12-14-9-11-18-13-16(14)19(2)15-7-5-4-6-8-15/h9,11,13,15,17H,3-8,10,12H2,1-2H3. The summed E-state index contributed by atoms with van der Waals surface area (Å²) in [5.74, 6) is 0. The third-order valence-electron chi connectivity index (χ3n) is 4.13. The molecule has 0 aliphatic heterocycles. The molecule has 0 aromatic carbocycles. The number of pyridine rings is 1. The summed E-state index contributed by atoms with van der Waals surface area (Å²) in [6, 6.07) is 2.85. The highest BCUT2D eigenvalue weighted by molar-refractivity contribution is 5.51. The molecule has 1 aromatic rings. The summed E-state index contributed by atoms with van der Waals surface area (Å²) >= 11 is 0. The van der Waals surface area contributed by atoms with E-state index in [1.807, 2.05) is 12.4 Å². The molecule has 19 heavy (non-hydrogen) atoms. The molecule has 1 N–H and O–H groups in total. The molecule has 3 heteroatoms. The second-order valence-corrected chi connectivity index (χ2v) is 5.58. The molecule has 0 bridgehead atoms. The lowest BCUT2D eigenvalue weighted by Crippen LogP contribution is -2.34. The molecular weight excluding hydrogens is 234 g/mol. The van der Waals surface area contributed by atoms with Crippen LogP contribution in [0.4, 0.5) is 5.69 Å². The fraction of sp³-hybridized carbons (Fsp3) is 0.688. The summed E-state index contributed by atoms with van der Waals surface area (Å²) in [6.07, 6.45) is 11.9. The number of hydrogen-bond donors (Lipinski definition) is 1. The molecule has 2 rings (SSSR count). The number of aromatic nitrogens is 1. The number of hydrogen-bond acceptors (Lipinski definition) is 3. The average molecular weight is 261 g/mol. The van der Waals surface area contributed by atoms with Gasteiger partial charge in [0.05, 0.1) is 11.9 Å². The third kappa shape index (κ3) is 3.93. The van der Waals surface area contributed by atoms with E-state index in [4.69, 9.17) is 0 Å². The Labute approximate surface area is 117 Å². The Kier molecular flexibility index (Phi) is 5.64. The summed E-state index contributed by atoms with van der Waals surface area (Å²) < 4.78 is 0. The molecular formula is C16H27N3. The second kappa shape index (κ2) is 7.49. The van der Waals surface area contributed by atoms with Crippen LogP contribution in [0.3, 0.4) is 0 Å². The molecule has 1 aromatic heterocycles. The lowest BCUT2D eigenvalue weighted by molar-refractivity contribution is 0.427. The molecule has 0 unspecified atom stereocenters. The van der Waals surface area contributed by atoms with Crippen molar-refractivity contribution in [2.24, 2.45) is 0 Å². The Bertz CT molecular complexity index is 372. The molecule has 3 nitrogen and oxygen atoms in total. The van der Waals surface area contributed by atoms with Gasteiger partial charge in [-0.1, -0.05) is 26.2 Å². The molecule has 0 amide bonds.